The average Bonchev–Trinajstić information content (AvgIpc) is 1.83. The number of nitrogens with two attached hydrogens (primary N) is 1. The highest BCUT2D eigenvalue weighted by molar-refractivity contribution is 9.10. The van der Waals surface area contributed by atoms with Crippen molar-refractivity contribution in [3.05, 3.63) is 0 Å². The molecule has 0 aliphatic carbocycles. The molecule has 0 aromatic heterocycles. The Kier molecular flexibility index (Phi) is 1.89. The van der Waals surface area contributed by atoms with E-state index in [1.807, 2.05) is 0 Å². The van der Waals surface area contributed by atoms with Gasteiger partial charge in [0.1, 0.15) is 4.32 Å². The Morgan fingerprint density at radius 2 is 2.27 bits per heavy atom. The molecule has 1 aliphatic rings. The molecule has 1 saturated heterocycles. The molecule has 1 unspecified atom stereocenters. The second-order valence-corrected chi connectivity index (χ2v) is 4.33. The van der Waals surface area contributed by atoms with Gasteiger partial charge < -0.3 is 0 Å². The number of hydrazine groups is 1. The van der Waals surface area contributed by atoms with E-state index >= 15 is 0 Å². The Morgan fingerprint density at radius 1 is 1.73 bits per heavy atom. The van der Waals surface area contributed by atoms with E-state index in [9.17, 15) is 9.59 Å². The third kappa shape index (κ3) is 1.51. The number of carbonyl (C=O) groups excluding carboxylic acids is 2. The third-order valence-electron chi connectivity index (χ3n) is 1.42. The van der Waals surface area contributed by atoms with Gasteiger partial charge >= 0.3 is 6.03 Å². The quantitative estimate of drug-likeness (QED) is 0.331. The zero-order chi connectivity index (χ0) is 8.65. The zero-order valence-electron chi connectivity index (χ0n) is 5.93. The molecule has 0 spiro atoms. The standard InChI is InChI=1S/C5H8BrN3O2/c1-5(6)2-9(7)4(11)8-3(5)10/h2,7H2,1H3,(H,8,10,11). The first kappa shape index (κ1) is 8.48. The summed E-state index contributed by atoms with van der Waals surface area (Å²) in [4.78, 5) is 21.8. The van der Waals surface area contributed by atoms with Crippen molar-refractivity contribution in [1.82, 2.24) is 10.3 Å². The molecule has 0 saturated carbocycles. The fourth-order valence-electron chi connectivity index (χ4n) is 0.763. The van der Waals surface area contributed by atoms with Crippen molar-refractivity contribution in [3.63, 3.8) is 0 Å². The molecule has 11 heavy (non-hydrogen) atoms. The summed E-state index contributed by atoms with van der Waals surface area (Å²) in [6, 6.07) is -0.563. The van der Waals surface area contributed by atoms with Crippen LogP contribution in [0.4, 0.5) is 4.79 Å². The Morgan fingerprint density at radius 3 is 2.73 bits per heavy atom. The minimum Gasteiger partial charge on any atom is -0.276 e. The normalized spacial score (nSPS) is 32.1. The van der Waals surface area contributed by atoms with E-state index in [-0.39, 0.29) is 12.5 Å². The van der Waals surface area contributed by atoms with Crippen LogP contribution in [0.2, 0.25) is 0 Å². The molecule has 1 atom stereocenters. The number of halogens is 1. The summed E-state index contributed by atoms with van der Waals surface area (Å²) in [5.74, 6) is 4.90. The second-order valence-electron chi connectivity index (χ2n) is 2.58. The maximum atomic E-state index is 11.0. The van der Waals surface area contributed by atoms with Crippen molar-refractivity contribution in [3.8, 4) is 0 Å². The smallest absolute Gasteiger partial charge is 0.276 e. The molecule has 62 valence electrons. The van der Waals surface area contributed by atoms with E-state index in [0.29, 0.717) is 0 Å². The molecule has 6 heteroatoms. The molecule has 0 radical (unpaired) electrons. The van der Waals surface area contributed by atoms with Crippen molar-refractivity contribution in [2.24, 2.45) is 5.84 Å². The number of carbonyl (C=O) groups is 2. The van der Waals surface area contributed by atoms with E-state index in [2.05, 4.69) is 21.2 Å². The van der Waals surface area contributed by atoms with Crippen molar-refractivity contribution in [1.29, 1.82) is 0 Å². The lowest BCUT2D eigenvalue weighted by molar-refractivity contribution is -0.123. The van der Waals surface area contributed by atoms with Gasteiger partial charge in [-0.15, -0.1) is 0 Å². The minimum absolute atomic E-state index is 0.178. The van der Waals surface area contributed by atoms with Crippen molar-refractivity contribution in [2.75, 3.05) is 6.54 Å². The number of alkyl halides is 1. The van der Waals surface area contributed by atoms with Crippen LogP contribution in [0.1, 0.15) is 6.92 Å². The van der Waals surface area contributed by atoms with Gasteiger partial charge in [0, 0.05) is 0 Å². The van der Waals surface area contributed by atoms with Crippen LogP contribution < -0.4 is 11.2 Å². The summed E-state index contributed by atoms with van der Waals surface area (Å²) < 4.78 is -0.768. The van der Waals surface area contributed by atoms with E-state index in [1.54, 1.807) is 6.92 Å². The largest absolute Gasteiger partial charge is 0.338 e. The number of nitrogens with zero attached hydrogens (tertiary/aromatic N) is 1. The monoisotopic (exact) mass is 221 g/mol. The minimum atomic E-state index is -0.768. The summed E-state index contributed by atoms with van der Waals surface area (Å²) in [5, 5.41) is 3.05. The zero-order valence-corrected chi connectivity index (χ0v) is 7.51. The third-order valence-corrected chi connectivity index (χ3v) is 2.03. The topological polar surface area (TPSA) is 75.4 Å². The molecule has 3 amide bonds. The Labute approximate surface area is 72.0 Å². The molecular weight excluding hydrogens is 214 g/mol. The first-order chi connectivity index (χ1) is 4.93. The number of imide groups is 1. The SMILES string of the molecule is CC1(Br)CN(N)C(=O)NC1=O. The maximum Gasteiger partial charge on any atom is 0.338 e. The Bertz CT molecular complexity index is 216. The van der Waals surface area contributed by atoms with Gasteiger partial charge in [-0.05, 0) is 6.92 Å². The van der Waals surface area contributed by atoms with Crippen LogP contribution >= 0.6 is 15.9 Å². The summed E-state index contributed by atoms with van der Waals surface area (Å²) in [6.07, 6.45) is 0. The van der Waals surface area contributed by atoms with Gasteiger partial charge in [-0.2, -0.15) is 0 Å². The Hall–Kier alpha value is -0.620. The van der Waals surface area contributed by atoms with Crippen molar-refractivity contribution in [2.45, 2.75) is 11.2 Å². The van der Waals surface area contributed by atoms with Crippen molar-refractivity contribution >= 4 is 27.9 Å². The van der Waals surface area contributed by atoms with Gasteiger partial charge in [0.2, 0.25) is 5.91 Å². The fraction of sp³-hybridized carbons (Fsp3) is 0.600. The van der Waals surface area contributed by atoms with E-state index in [1.165, 1.54) is 0 Å². The van der Waals surface area contributed by atoms with Crippen LogP contribution in [0.5, 0.6) is 0 Å². The Balaban J connectivity index is 2.79. The number of urea groups is 1. The highest BCUT2D eigenvalue weighted by Crippen LogP contribution is 2.20. The van der Waals surface area contributed by atoms with Crippen LogP contribution in [-0.4, -0.2) is 27.8 Å². The number of nitrogens with one attached hydrogen (secondary N) is 1. The van der Waals surface area contributed by atoms with Crippen LogP contribution in [0.15, 0.2) is 0 Å². The highest BCUT2D eigenvalue weighted by Gasteiger charge is 2.39. The lowest BCUT2D eigenvalue weighted by atomic mass is 10.1. The predicted molar refractivity (Wildman–Crippen MR) is 41.8 cm³/mol. The second kappa shape index (κ2) is 2.46. The summed E-state index contributed by atoms with van der Waals surface area (Å²) in [6.45, 7) is 1.83. The van der Waals surface area contributed by atoms with E-state index in [4.69, 9.17) is 5.84 Å². The fourth-order valence-corrected chi connectivity index (χ4v) is 1.13. The summed E-state index contributed by atoms with van der Waals surface area (Å²) >= 11 is 3.14. The highest BCUT2D eigenvalue weighted by atomic mass is 79.9. The van der Waals surface area contributed by atoms with Crippen LogP contribution in [0.25, 0.3) is 0 Å². The molecule has 5 nitrogen and oxygen atoms in total. The van der Waals surface area contributed by atoms with Crippen LogP contribution in [0.3, 0.4) is 0 Å². The molecular formula is C5H8BrN3O2. The molecule has 1 rings (SSSR count). The van der Waals surface area contributed by atoms with Crippen molar-refractivity contribution < 1.29 is 9.59 Å². The van der Waals surface area contributed by atoms with Gasteiger partial charge in [0.15, 0.2) is 0 Å². The van der Waals surface area contributed by atoms with E-state index < -0.39 is 10.4 Å². The van der Waals surface area contributed by atoms with Gasteiger partial charge in [0.05, 0.1) is 6.54 Å². The molecule has 3 N–H and O–H groups in total. The van der Waals surface area contributed by atoms with E-state index in [0.717, 1.165) is 5.01 Å². The molecule has 0 bridgehead atoms. The number of rotatable bonds is 0. The van der Waals surface area contributed by atoms with Crippen LogP contribution in [-0.2, 0) is 4.79 Å². The van der Waals surface area contributed by atoms with Gasteiger partial charge in [-0.25, -0.2) is 10.6 Å². The lowest BCUT2D eigenvalue weighted by Crippen LogP contribution is -2.62. The summed E-state index contributed by atoms with van der Waals surface area (Å²) in [5.41, 5.74) is 0. The molecule has 0 aromatic rings. The molecule has 0 aromatic carbocycles. The number of hydrogen-bond acceptors (Lipinski definition) is 3. The number of hydrogen-bond donors (Lipinski definition) is 2. The maximum absolute atomic E-state index is 11.0. The first-order valence-electron chi connectivity index (χ1n) is 3.00. The van der Waals surface area contributed by atoms with Gasteiger partial charge in [-0.1, -0.05) is 15.9 Å². The molecule has 1 heterocycles. The average molecular weight is 222 g/mol. The van der Waals surface area contributed by atoms with Crippen LogP contribution in [0, 0.1) is 0 Å². The summed E-state index contributed by atoms with van der Waals surface area (Å²) in [7, 11) is 0. The molecule has 1 aliphatic heterocycles. The number of amides is 3. The first-order valence-corrected chi connectivity index (χ1v) is 3.79. The van der Waals surface area contributed by atoms with Gasteiger partial charge in [-0.3, -0.25) is 15.1 Å². The van der Waals surface area contributed by atoms with Gasteiger partial charge in [0.25, 0.3) is 0 Å². The predicted octanol–water partition coefficient (Wildman–Crippen LogP) is -0.435. The molecule has 1 fully saturated rings. The lowest BCUT2D eigenvalue weighted by Gasteiger charge is -2.32.